The van der Waals surface area contributed by atoms with E-state index in [2.05, 4.69) is 0 Å². The van der Waals surface area contributed by atoms with Crippen molar-refractivity contribution in [2.24, 2.45) is 0 Å². The van der Waals surface area contributed by atoms with Crippen molar-refractivity contribution in [3.8, 4) is 16.9 Å². The van der Waals surface area contributed by atoms with Crippen molar-refractivity contribution in [3.63, 3.8) is 0 Å². The molecule has 0 saturated carbocycles. The molecule has 1 aliphatic rings. The Labute approximate surface area is 201 Å². The summed E-state index contributed by atoms with van der Waals surface area (Å²) >= 11 is 0. The Morgan fingerprint density at radius 1 is 1.03 bits per heavy atom. The summed E-state index contributed by atoms with van der Waals surface area (Å²) in [7, 11) is 1.45. The van der Waals surface area contributed by atoms with Crippen LogP contribution in [0.4, 0.5) is 10.1 Å². The molecule has 0 radical (unpaired) electrons. The molecule has 0 atom stereocenters. The molecule has 0 aliphatic carbocycles. The second-order valence-corrected chi connectivity index (χ2v) is 8.70. The van der Waals surface area contributed by atoms with E-state index in [9.17, 15) is 14.7 Å². The number of pyridine rings is 1. The van der Waals surface area contributed by atoms with Crippen LogP contribution >= 0.6 is 0 Å². The van der Waals surface area contributed by atoms with Gasteiger partial charge in [-0.1, -0.05) is 54.6 Å². The summed E-state index contributed by atoms with van der Waals surface area (Å²) in [6.07, 6.45) is 3.21. The number of ether oxygens (including phenoxy) is 1. The van der Waals surface area contributed by atoms with E-state index in [1.807, 2.05) is 59.5 Å². The number of rotatable bonds is 6. The number of fused-ring (bicyclic) bond motifs is 1. The lowest BCUT2D eigenvalue weighted by atomic mass is 10.0. The highest BCUT2D eigenvalue weighted by molar-refractivity contribution is 5.97. The molecular weight excluding hydrogens is 447 g/mol. The summed E-state index contributed by atoms with van der Waals surface area (Å²) in [5.74, 6) is -1.69. The van der Waals surface area contributed by atoms with Crippen molar-refractivity contribution in [2.45, 2.75) is 19.4 Å². The molecule has 0 spiro atoms. The van der Waals surface area contributed by atoms with E-state index in [0.717, 1.165) is 35.6 Å². The fourth-order valence-corrected chi connectivity index (χ4v) is 4.82. The zero-order valence-electron chi connectivity index (χ0n) is 19.3. The Balaban J connectivity index is 1.67. The van der Waals surface area contributed by atoms with Gasteiger partial charge in [0.1, 0.15) is 11.3 Å². The van der Waals surface area contributed by atoms with Crippen LogP contribution in [0.15, 0.2) is 71.7 Å². The Kier molecular flexibility index (Phi) is 5.99. The van der Waals surface area contributed by atoms with Crippen LogP contribution in [0.3, 0.4) is 0 Å². The standard InChI is InChI=1S/C28H25FN2O4/c1-35-27-24-21(15-23(29)25(27)30-13-5-6-14-30)26(32)22(28(33)34)17-31(24)16-18-9-11-20(12-10-18)19-7-3-2-4-8-19/h2-4,7-12,15,17H,5-6,13-14,16H2,1H3,(H,33,34). The Morgan fingerprint density at radius 2 is 1.69 bits per heavy atom. The Morgan fingerprint density at radius 3 is 2.31 bits per heavy atom. The van der Waals surface area contributed by atoms with Crippen molar-refractivity contribution in [3.05, 3.63) is 94.0 Å². The molecule has 6 nitrogen and oxygen atoms in total. The fourth-order valence-electron chi connectivity index (χ4n) is 4.82. The first-order valence-electron chi connectivity index (χ1n) is 11.5. The first kappa shape index (κ1) is 22.7. The number of halogens is 1. The normalized spacial score (nSPS) is 13.4. The third kappa shape index (κ3) is 4.14. The number of methoxy groups -OCH3 is 1. The summed E-state index contributed by atoms with van der Waals surface area (Å²) in [6, 6.07) is 19.1. The minimum Gasteiger partial charge on any atom is -0.492 e. The van der Waals surface area contributed by atoms with Gasteiger partial charge >= 0.3 is 5.97 Å². The number of aromatic nitrogens is 1. The topological polar surface area (TPSA) is 71.8 Å². The van der Waals surface area contributed by atoms with Crippen molar-refractivity contribution in [1.29, 1.82) is 0 Å². The number of hydrogen-bond donors (Lipinski definition) is 1. The van der Waals surface area contributed by atoms with Crippen LogP contribution in [0.5, 0.6) is 5.75 Å². The lowest BCUT2D eigenvalue weighted by molar-refractivity contribution is 0.0695. The van der Waals surface area contributed by atoms with Crippen LogP contribution in [-0.2, 0) is 6.54 Å². The van der Waals surface area contributed by atoms with Gasteiger partial charge in [-0.2, -0.15) is 0 Å². The van der Waals surface area contributed by atoms with Gasteiger partial charge in [0.25, 0.3) is 0 Å². The maximum atomic E-state index is 15.3. The van der Waals surface area contributed by atoms with Gasteiger partial charge in [-0.15, -0.1) is 0 Å². The quantitative estimate of drug-likeness (QED) is 0.420. The molecule has 0 amide bonds. The molecule has 7 heteroatoms. The van der Waals surface area contributed by atoms with E-state index in [1.165, 1.54) is 13.3 Å². The molecular formula is C28H25FN2O4. The molecule has 0 bridgehead atoms. The zero-order chi connectivity index (χ0) is 24.5. The van der Waals surface area contributed by atoms with E-state index >= 15 is 4.39 Å². The highest BCUT2D eigenvalue weighted by Crippen LogP contribution is 2.39. The van der Waals surface area contributed by atoms with E-state index in [4.69, 9.17) is 4.74 Å². The maximum Gasteiger partial charge on any atom is 0.341 e. The van der Waals surface area contributed by atoms with Gasteiger partial charge in [-0.05, 0) is 35.6 Å². The molecule has 1 N–H and O–H groups in total. The number of anilines is 1. The number of nitrogens with zero attached hydrogens (tertiary/aromatic N) is 2. The number of benzene rings is 3. The van der Waals surface area contributed by atoms with Crippen molar-refractivity contribution < 1.29 is 19.0 Å². The third-order valence-electron chi connectivity index (χ3n) is 6.51. The number of carbonyl (C=O) groups is 1. The zero-order valence-corrected chi connectivity index (χ0v) is 19.3. The lowest BCUT2D eigenvalue weighted by Crippen LogP contribution is -2.23. The smallest absolute Gasteiger partial charge is 0.341 e. The summed E-state index contributed by atoms with van der Waals surface area (Å²) in [6.45, 7) is 1.67. The summed E-state index contributed by atoms with van der Waals surface area (Å²) in [5, 5.41) is 9.64. The van der Waals surface area contributed by atoms with Crippen molar-refractivity contribution in [1.82, 2.24) is 4.57 Å². The molecule has 35 heavy (non-hydrogen) atoms. The SMILES string of the molecule is COc1c(N2CCCC2)c(F)cc2c(=O)c(C(=O)O)cn(Cc3ccc(-c4ccccc4)cc3)c12. The first-order valence-corrected chi connectivity index (χ1v) is 11.5. The lowest BCUT2D eigenvalue weighted by Gasteiger charge is -2.24. The molecule has 178 valence electrons. The summed E-state index contributed by atoms with van der Waals surface area (Å²) in [5.41, 5.74) is 2.61. The highest BCUT2D eigenvalue weighted by atomic mass is 19.1. The van der Waals surface area contributed by atoms with Gasteiger partial charge in [0.15, 0.2) is 11.6 Å². The molecule has 1 aromatic heterocycles. The van der Waals surface area contributed by atoms with Gasteiger partial charge in [0.2, 0.25) is 5.43 Å². The van der Waals surface area contributed by atoms with Gasteiger partial charge in [0.05, 0.1) is 18.0 Å². The first-order chi connectivity index (χ1) is 17.0. The number of aromatic carboxylic acids is 1. The van der Waals surface area contributed by atoms with Crippen molar-refractivity contribution in [2.75, 3.05) is 25.1 Å². The van der Waals surface area contributed by atoms with Crippen LogP contribution in [0, 0.1) is 5.82 Å². The molecule has 1 saturated heterocycles. The predicted octanol–water partition coefficient (Wildman–Crippen LogP) is 5.16. The average Bonchev–Trinajstić information content (AvgIpc) is 3.40. The average molecular weight is 473 g/mol. The van der Waals surface area contributed by atoms with E-state index in [1.54, 1.807) is 4.57 Å². The second-order valence-electron chi connectivity index (χ2n) is 8.70. The number of carboxylic acids is 1. The molecule has 0 unspecified atom stereocenters. The monoisotopic (exact) mass is 472 g/mol. The molecule has 3 aromatic carbocycles. The molecule has 5 rings (SSSR count). The maximum absolute atomic E-state index is 15.3. The van der Waals surface area contributed by atoms with Crippen LogP contribution in [0.1, 0.15) is 28.8 Å². The van der Waals surface area contributed by atoms with Crippen molar-refractivity contribution >= 4 is 22.6 Å². The number of hydrogen-bond acceptors (Lipinski definition) is 4. The molecule has 1 fully saturated rings. The fraction of sp³-hybridized carbons (Fsp3) is 0.214. The van der Waals surface area contributed by atoms with Gasteiger partial charge in [-0.3, -0.25) is 4.79 Å². The Hall–Kier alpha value is -4.13. The predicted molar refractivity (Wildman–Crippen MR) is 134 cm³/mol. The second kappa shape index (κ2) is 9.25. The van der Waals surface area contributed by atoms with Crippen LogP contribution in [-0.4, -0.2) is 35.8 Å². The summed E-state index contributed by atoms with van der Waals surface area (Å²) < 4.78 is 22.6. The summed E-state index contributed by atoms with van der Waals surface area (Å²) in [4.78, 5) is 26.8. The van der Waals surface area contributed by atoms with Crippen LogP contribution < -0.4 is 15.1 Å². The molecule has 4 aromatic rings. The Bertz CT molecular complexity index is 1460. The largest absolute Gasteiger partial charge is 0.492 e. The third-order valence-corrected chi connectivity index (χ3v) is 6.51. The van der Waals surface area contributed by atoms with E-state index in [0.29, 0.717) is 24.3 Å². The molecule has 1 aliphatic heterocycles. The van der Waals surface area contributed by atoms with Crippen LogP contribution in [0.2, 0.25) is 0 Å². The van der Waals surface area contributed by atoms with Crippen LogP contribution in [0.25, 0.3) is 22.0 Å². The van der Waals surface area contributed by atoms with Gasteiger partial charge < -0.3 is 19.3 Å². The van der Waals surface area contributed by atoms with Gasteiger partial charge in [0, 0.05) is 25.8 Å². The van der Waals surface area contributed by atoms with E-state index < -0.39 is 22.8 Å². The minimum atomic E-state index is -1.35. The van der Waals surface area contributed by atoms with Gasteiger partial charge in [-0.25, -0.2) is 9.18 Å². The highest BCUT2D eigenvalue weighted by Gasteiger charge is 2.27. The minimum absolute atomic E-state index is 0.0110. The number of carboxylic acid groups (broad SMARTS) is 1. The van der Waals surface area contributed by atoms with E-state index in [-0.39, 0.29) is 17.7 Å². The molecule has 2 heterocycles.